The number of nitriles is 1. The van der Waals surface area contributed by atoms with Gasteiger partial charge >= 0.3 is 0 Å². The Morgan fingerprint density at radius 2 is 2.08 bits per heavy atom. The smallest absolute Gasteiger partial charge is 0.273 e. The Balaban J connectivity index is 2.10. The predicted octanol–water partition coefficient (Wildman–Crippen LogP) is 2.88. The lowest BCUT2D eigenvalue weighted by atomic mass is 10.2. The molecule has 0 aliphatic heterocycles. The number of non-ortho nitro benzene ring substituents is 1. The molecule has 2 rings (SSSR count). The number of nitro benzene ring substituents is 1. The van der Waals surface area contributed by atoms with Gasteiger partial charge in [-0.25, -0.2) is 0 Å². The third-order valence-electron chi connectivity index (χ3n) is 3.30. The van der Waals surface area contributed by atoms with Gasteiger partial charge in [-0.05, 0) is 31.2 Å². The lowest BCUT2D eigenvalue weighted by molar-refractivity contribution is -0.384. The number of rotatable bonds is 6. The average molecular weight is 341 g/mol. The quantitative estimate of drug-likeness (QED) is 0.638. The summed E-state index contributed by atoms with van der Waals surface area (Å²) >= 11 is 0. The zero-order valence-corrected chi connectivity index (χ0v) is 13.6. The highest BCUT2D eigenvalue weighted by molar-refractivity contribution is 5.95. The number of ether oxygens (including phenoxy) is 2. The van der Waals surface area contributed by atoms with Crippen LogP contribution in [0.4, 0.5) is 11.4 Å². The number of hydrogen-bond acceptors (Lipinski definition) is 6. The van der Waals surface area contributed by atoms with E-state index in [1.54, 1.807) is 25.1 Å². The monoisotopic (exact) mass is 341 g/mol. The molecule has 0 bridgehead atoms. The van der Waals surface area contributed by atoms with Gasteiger partial charge in [0.15, 0.2) is 6.10 Å². The van der Waals surface area contributed by atoms with Gasteiger partial charge in [-0.1, -0.05) is 6.07 Å². The fourth-order valence-corrected chi connectivity index (χ4v) is 2.03. The van der Waals surface area contributed by atoms with Gasteiger partial charge in [-0.2, -0.15) is 5.26 Å². The number of nitrogens with zero attached hydrogens (tertiary/aromatic N) is 2. The highest BCUT2D eigenvalue weighted by Crippen LogP contribution is 2.29. The molecular weight excluding hydrogens is 326 g/mol. The van der Waals surface area contributed by atoms with E-state index in [1.807, 2.05) is 6.07 Å². The summed E-state index contributed by atoms with van der Waals surface area (Å²) in [5.41, 5.74) is 0.564. The molecule has 0 heterocycles. The first-order chi connectivity index (χ1) is 11.9. The molecule has 8 heteroatoms. The molecule has 1 N–H and O–H groups in total. The molecule has 0 aromatic heterocycles. The van der Waals surface area contributed by atoms with Gasteiger partial charge in [0.2, 0.25) is 0 Å². The summed E-state index contributed by atoms with van der Waals surface area (Å²) in [5, 5.41) is 22.3. The summed E-state index contributed by atoms with van der Waals surface area (Å²) in [6, 6.07) is 12.3. The van der Waals surface area contributed by atoms with Crippen LogP contribution >= 0.6 is 0 Å². The summed E-state index contributed by atoms with van der Waals surface area (Å²) in [6.45, 7) is 1.55. The van der Waals surface area contributed by atoms with Crippen molar-refractivity contribution >= 4 is 17.3 Å². The summed E-state index contributed by atoms with van der Waals surface area (Å²) in [4.78, 5) is 22.5. The van der Waals surface area contributed by atoms with Crippen LogP contribution in [0.5, 0.6) is 11.5 Å². The molecule has 0 unspecified atom stereocenters. The molecule has 0 aliphatic rings. The van der Waals surface area contributed by atoms with Crippen molar-refractivity contribution < 1.29 is 19.2 Å². The first-order valence-electron chi connectivity index (χ1n) is 7.24. The van der Waals surface area contributed by atoms with Gasteiger partial charge < -0.3 is 14.8 Å². The Kier molecular flexibility index (Phi) is 5.53. The van der Waals surface area contributed by atoms with E-state index >= 15 is 0 Å². The first kappa shape index (κ1) is 17.7. The van der Waals surface area contributed by atoms with Crippen LogP contribution < -0.4 is 14.8 Å². The summed E-state index contributed by atoms with van der Waals surface area (Å²) in [6.07, 6.45) is -0.853. The Morgan fingerprint density at radius 3 is 2.72 bits per heavy atom. The second-order valence-corrected chi connectivity index (χ2v) is 5.03. The molecule has 1 amide bonds. The molecular formula is C17H15N3O5. The largest absolute Gasteiger partial charge is 0.494 e. The van der Waals surface area contributed by atoms with Crippen molar-refractivity contribution in [3.8, 4) is 17.6 Å². The fraction of sp³-hybridized carbons (Fsp3) is 0.176. The molecule has 0 saturated carbocycles. The maximum absolute atomic E-state index is 12.3. The number of anilines is 1. The molecule has 0 fully saturated rings. The van der Waals surface area contributed by atoms with Gasteiger partial charge in [0.05, 0.1) is 35.4 Å². The van der Waals surface area contributed by atoms with Crippen LogP contribution in [0.25, 0.3) is 0 Å². The maximum atomic E-state index is 12.3. The molecule has 2 aromatic carbocycles. The van der Waals surface area contributed by atoms with Gasteiger partial charge in [0.25, 0.3) is 11.6 Å². The van der Waals surface area contributed by atoms with Crippen molar-refractivity contribution in [2.24, 2.45) is 0 Å². The average Bonchev–Trinajstić information content (AvgIpc) is 2.61. The Bertz CT molecular complexity index is 844. The summed E-state index contributed by atoms with van der Waals surface area (Å²) in [7, 11) is 1.35. The molecule has 0 saturated heterocycles. The third-order valence-corrected chi connectivity index (χ3v) is 3.30. The SMILES string of the molecule is COc1cc([N+](=O)[O-])ccc1NC(=O)[C@H](C)Oc1cccc(C#N)c1. The molecule has 2 aromatic rings. The van der Waals surface area contributed by atoms with E-state index in [2.05, 4.69) is 5.32 Å². The van der Waals surface area contributed by atoms with E-state index in [-0.39, 0.29) is 11.4 Å². The molecule has 0 radical (unpaired) electrons. The van der Waals surface area contributed by atoms with E-state index in [1.165, 1.54) is 31.4 Å². The number of carbonyl (C=O) groups is 1. The van der Waals surface area contributed by atoms with Crippen molar-refractivity contribution in [2.45, 2.75) is 13.0 Å². The Hall–Kier alpha value is -3.60. The van der Waals surface area contributed by atoms with Gasteiger partial charge in [0.1, 0.15) is 11.5 Å². The van der Waals surface area contributed by atoms with E-state index in [9.17, 15) is 14.9 Å². The standard InChI is InChI=1S/C17H15N3O5/c1-11(25-14-5-3-4-12(8-14)10-18)17(21)19-15-7-6-13(20(22)23)9-16(15)24-2/h3-9,11H,1-2H3,(H,19,21)/t11-/m0/s1. The van der Waals surface area contributed by atoms with Crippen molar-refractivity contribution in [2.75, 3.05) is 12.4 Å². The van der Waals surface area contributed by atoms with Crippen LogP contribution in [0.2, 0.25) is 0 Å². The van der Waals surface area contributed by atoms with Crippen molar-refractivity contribution in [1.82, 2.24) is 0 Å². The molecule has 1 atom stereocenters. The molecule has 25 heavy (non-hydrogen) atoms. The van der Waals surface area contributed by atoms with Gasteiger partial charge in [0, 0.05) is 6.07 Å². The second kappa shape index (κ2) is 7.79. The van der Waals surface area contributed by atoms with Crippen molar-refractivity contribution in [3.63, 3.8) is 0 Å². The number of amides is 1. The van der Waals surface area contributed by atoms with Crippen LogP contribution in [0.15, 0.2) is 42.5 Å². The number of hydrogen-bond donors (Lipinski definition) is 1. The molecule has 8 nitrogen and oxygen atoms in total. The van der Waals surface area contributed by atoms with Crippen LogP contribution in [-0.2, 0) is 4.79 Å². The lowest BCUT2D eigenvalue weighted by Crippen LogP contribution is -2.30. The topological polar surface area (TPSA) is 114 Å². The van der Waals surface area contributed by atoms with Gasteiger partial charge in [-0.3, -0.25) is 14.9 Å². The molecule has 0 aliphatic carbocycles. The van der Waals surface area contributed by atoms with Gasteiger partial charge in [-0.15, -0.1) is 0 Å². The predicted molar refractivity (Wildman–Crippen MR) is 89.5 cm³/mol. The Labute approximate surface area is 143 Å². The number of nitrogens with one attached hydrogen (secondary N) is 1. The number of nitro groups is 1. The van der Waals surface area contributed by atoms with Crippen LogP contribution in [0, 0.1) is 21.4 Å². The number of benzene rings is 2. The maximum Gasteiger partial charge on any atom is 0.273 e. The highest BCUT2D eigenvalue weighted by Gasteiger charge is 2.18. The van der Waals surface area contributed by atoms with Crippen LogP contribution in [0.1, 0.15) is 12.5 Å². The fourth-order valence-electron chi connectivity index (χ4n) is 2.03. The zero-order valence-electron chi connectivity index (χ0n) is 13.6. The second-order valence-electron chi connectivity index (χ2n) is 5.03. The van der Waals surface area contributed by atoms with Crippen LogP contribution in [-0.4, -0.2) is 24.0 Å². The zero-order chi connectivity index (χ0) is 18.4. The first-order valence-corrected chi connectivity index (χ1v) is 7.24. The lowest BCUT2D eigenvalue weighted by Gasteiger charge is -2.16. The third kappa shape index (κ3) is 4.45. The molecule has 0 spiro atoms. The number of carbonyl (C=O) groups excluding carboxylic acids is 1. The molecule has 128 valence electrons. The minimum Gasteiger partial charge on any atom is -0.494 e. The normalized spacial score (nSPS) is 11.1. The van der Waals surface area contributed by atoms with E-state index in [4.69, 9.17) is 14.7 Å². The van der Waals surface area contributed by atoms with E-state index in [0.29, 0.717) is 17.0 Å². The van der Waals surface area contributed by atoms with Crippen LogP contribution in [0.3, 0.4) is 0 Å². The van der Waals surface area contributed by atoms with Crippen molar-refractivity contribution in [3.05, 3.63) is 58.1 Å². The number of methoxy groups -OCH3 is 1. The minimum absolute atomic E-state index is 0.146. The van der Waals surface area contributed by atoms with E-state index in [0.717, 1.165) is 0 Å². The van der Waals surface area contributed by atoms with E-state index < -0.39 is 16.9 Å². The summed E-state index contributed by atoms with van der Waals surface area (Å²) in [5.74, 6) is 0.0908. The Morgan fingerprint density at radius 1 is 1.32 bits per heavy atom. The highest BCUT2D eigenvalue weighted by atomic mass is 16.6. The summed E-state index contributed by atoms with van der Waals surface area (Å²) < 4.78 is 10.6. The van der Waals surface area contributed by atoms with Crippen molar-refractivity contribution in [1.29, 1.82) is 5.26 Å². The minimum atomic E-state index is -0.853.